The highest BCUT2D eigenvalue weighted by molar-refractivity contribution is 5.95. The summed E-state index contributed by atoms with van der Waals surface area (Å²) in [4.78, 5) is 47.3. The number of esters is 2. The van der Waals surface area contributed by atoms with E-state index < -0.39 is 23.5 Å². The van der Waals surface area contributed by atoms with E-state index in [4.69, 9.17) is 5.73 Å². The SMILES string of the molecule is COC(=O)C(Cc1nc(N)c2[nH]c(=O)n(Cc3ccccc3)c2n1)C(=O)OC. The van der Waals surface area contributed by atoms with Crippen molar-refractivity contribution < 1.29 is 19.1 Å². The Balaban J connectivity index is 2.03. The molecular formula is C18H19N5O5. The fraction of sp³-hybridized carbons (Fsp3) is 0.278. The number of nitrogens with one attached hydrogen (secondary N) is 1. The van der Waals surface area contributed by atoms with Crippen molar-refractivity contribution in [3.8, 4) is 0 Å². The van der Waals surface area contributed by atoms with Gasteiger partial charge < -0.3 is 20.2 Å². The molecule has 0 bridgehead atoms. The summed E-state index contributed by atoms with van der Waals surface area (Å²) in [6.45, 7) is 0.271. The van der Waals surface area contributed by atoms with Crippen molar-refractivity contribution in [2.45, 2.75) is 13.0 Å². The van der Waals surface area contributed by atoms with Gasteiger partial charge in [0.15, 0.2) is 17.4 Å². The van der Waals surface area contributed by atoms with Crippen molar-refractivity contribution in [1.82, 2.24) is 19.5 Å². The van der Waals surface area contributed by atoms with Crippen molar-refractivity contribution in [1.29, 1.82) is 0 Å². The van der Waals surface area contributed by atoms with Gasteiger partial charge >= 0.3 is 17.6 Å². The number of imidazole rings is 1. The maximum atomic E-state index is 12.4. The lowest BCUT2D eigenvalue weighted by molar-refractivity contribution is -0.158. The summed E-state index contributed by atoms with van der Waals surface area (Å²) in [5.41, 5.74) is 7.03. The molecule has 3 N–H and O–H groups in total. The van der Waals surface area contributed by atoms with Gasteiger partial charge in [0.05, 0.1) is 20.8 Å². The molecule has 3 rings (SSSR count). The first-order valence-corrected chi connectivity index (χ1v) is 8.39. The lowest BCUT2D eigenvalue weighted by Gasteiger charge is -2.12. The topological polar surface area (TPSA) is 142 Å². The van der Waals surface area contributed by atoms with Crippen molar-refractivity contribution in [2.75, 3.05) is 20.0 Å². The zero-order valence-electron chi connectivity index (χ0n) is 15.3. The fourth-order valence-electron chi connectivity index (χ4n) is 2.83. The lowest BCUT2D eigenvalue weighted by Crippen LogP contribution is -2.29. The first kappa shape index (κ1) is 19.1. The second-order valence-corrected chi connectivity index (χ2v) is 6.03. The lowest BCUT2D eigenvalue weighted by atomic mass is 10.1. The molecule has 146 valence electrons. The van der Waals surface area contributed by atoms with Crippen LogP contribution in [0.4, 0.5) is 5.82 Å². The molecule has 0 atom stereocenters. The van der Waals surface area contributed by atoms with Gasteiger partial charge in [-0.05, 0) is 5.56 Å². The number of aromatic nitrogens is 4. The molecule has 10 nitrogen and oxygen atoms in total. The highest BCUT2D eigenvalue weighted by Crippen LogP contribution is 2.18. The van der Waals surface area contributed by atoms with E-state index in [0.29, 0.717) is 0 Å². The number of methoxy groups -OCH3 is 2. The highest BCUT2D eigenvalue weighted by Gasteiger charge is 2.30. The summed E-state index contributed by atoms with van der Waals surface area (Å²) in [6, 6.07) is 9.35. The van der Waals surface area contributed by atoms with Gasteiger partial charge in [0.2, 0.25) is 0 Å². The zero-order chi connectivity index (χ0) is 20.3. The van der Waals surface area contributed by atoms with Gasteiger partial charge in [0.25, 0.3) is 0 Å². The molecular weight excluding hydrogens is 366 g/mol. The van der Waals surface area contributed by atoms with Gasteiger partial charge in [-0.25, -0.2) is 14.8 Å². The summed E-state index contributed by atoms with van der Waals surface area (Å²) in [7, 11) is 2.33. The van der Waals surface area contributed by atoms with Crippen LogP contribution in [0.5, 0.6) is 0 Å². The Morgan fingerprint density at radius 1 is 1.14 bits per heavy atom. The van der Waals surface area contributed by atoms with E-state index in [2.05, 4.69) is 24.4 Å². The minimum Gasteiger partial charge on any atom is -0.468 e. The maximum absolute atomic E-state index is 12.4. The van der Waals surface area contributed by atoms with E-state index in [1.54, 1.807) is 0 Å². The molecule has 0 spiro atoms. The Morgan fingerprint density at radius 3 is 2.39 bits per heavy atom. The van der Waals surface area contributed by atoms with Crippen LogP contribution < -0.4 is 11.4 Å². The summed E-state index contributed by atoms with van der Waals surface area (Å²) < 4.78 is 10.7. The predicted molar refractivity (Wildman–Crippen MR) is 99.3 cm³/mol. The Morgan fingerprint density at radius 2 is 1.79 bits per heavy atom. The Labute approximate surface area is 159 Å². The summed E-state index contributed by atoms with van der Waals surface area (Å²) in [5.74, 6) is -2.63. The van der Waals surface area contributed by atoms with Crippen molar-refractivity contribution in [2.24, 2.45) is 5.92 Å². The van der Waals surface area contributed by atoms with E-state index in [0.717, 1.165) is 5.56 Å². The molecule has 3 aromatic rings. The van der Waals surface area contributed by atoms with Crippen LogP contribution in [0, 0.1) is 5.92 Å². The zero-order valence-corrected chi connectivity index (χ0v) is 15.3. The molecule has 28 heavy (non-hydrogen) atoms. The van der Waals surface area contributed by atoms with Gasteiger partial charge in [-0.1, -0.05) is 30.3 Å². The molecule has 0 saturated carbocycles. The number of carbonyl (C=O) groups excluding carboxylic acids is 2. The molecule has 0 aliphatic carbocycles. The number of carbonyl (C=O) groups is 2. The average Bonchev–Trinajstić information content (AvgIpc) is 3.02. The van der Waals surface area contributed by atoms with E-state index in [9.17, 15) is 14.4 Å². The molecule has 0 fully saturated rings. The molecule has 0 unspecified atom stereocenters. The summed E-state index contributed by atoms with van der Waals surface area (Å²) in [6.07, 6.45) is -0.176. The Bertz CT molecular complexity index is 1060. The predicted octanol–water partition coefficient (Wildman–Crippen LogP) is 0.255. The van der Waals surface area contributed by atoms with Crippen LogP contribution in [0.3, 0.4) is 0 Å². The van der Waals surface area contributed by atoms with Crippen LogP contribution in [0.2, 0.25) is 0 Å². The number of hydrogen-bond donors (Lipinski definition) is 2. The molecule has 0 saturated heterocycles. The number of aromatic amines is 1. The second kappa shape index (κ2) is 7.91. The highest BCUT2D eigenvalue weighted by atomic mass is 16.5. The Hall–Kier alpha value is -3.69. The van der Waals surface area contributed by atoms with Crippen molar-refractivity contribution in [3.05, 3.63) is 52.2 Å². The summed E-state index contributed by atoms with van der Waals surface area (Å²) >= 11 is 0. The van der Waals surface area contributed by atoms with E-state index in [1.807, 2.05) is 30.3 Å². The minimum absolute atomic E-state index is 0.0393. The van der Waals surface area contributed by atoms with E-state index in [1.165, 1.54) is 18.8 Å². The fourth-order valence-corrected chi connectivity index (χ4v) is 2.83. The van der Waals surface area contributed by atoms with Crippen LogP contribution in [0.1, 0.15) is 11.4 Å². The number of nitrogens with zero attached hydrogens (tertiary/aromatic N) is 3. The third-order valence-electron chi connectivity index (χ3n) is 4.24. The number of ether oxygens (including phenoxy) is 2. The second-order valence-electron chi connectivity index (χ2n) is 6.03. The monoisotopic (exact) mass is 385 g/mol. The van der Waals surface area contributed by atoms with Gasteiger partial charge in [-0.3, -0.25) is 14.2 Å². The van der Waals surface area contributed by atoms with Crippen LogP contribution in [-0.2, 0) is 32.0 Å². The van der Waals surface area contributed by atoms with E-state index >= 15 is 0 Å². The smallest absolute Gasteiger partial charge is 0.328 e. The average molecular weight is 385 g/mol. The molecule has 0 amide bonds. The third kappa shape index (κ3) is 3.70. The van der Waals surface area contributed by atoms with Crippen molar-refractivity contribution >= 4 is 28.9 Å². The minimum atomic E-state index is -1.24. The van der Waals surface area contributed by atoms with Gasteiger partial charge in [-0.15, -0.1) is 0 Å². The largest absolute Gasteiger partial charge is 0.468 e. The standard InChI is InChI=1S/C18H19N5O5/c1-27-16(24)11(17(25)28-2)8-12-20-14(19)13-15(21-12)23(18(26)22-13)9-10-6-4-3-5-7-10/h3-7,11H,8-9H2,1-2H3,(H,22,26)(H2,19,20,21). The number of nitrogen functional groups attached to an aromatic ring is 1. The van der Waals surface area contributed by atoms with Crippen LogP contribution in [-0.4, -0.2) is 45.7 Å². The van der Waals surface area contributed by atoms with Crippen molar-refractivity contribution in [3.63, 3.8) is 0 Å². The van der Waals surface area contributed by atoms with Crippen LogP contribution in [0.25, 0.3) is 11.2 Å². The molecule has 2 aromatic heterocycles. The molecule has 0 aliphatic heterocycles. The third-order valence-corrected chi connectivity index (χ3v) is 4.24. The molecule has 1 aromatic carbocycles. The Kier molecular flexibility index (Phi) is 5.39. The molecule has 0 aliphatic rings. The van der Waals surface area contributed by atoms with E-state index in [-0.39, 0.29) is 35.8 Å². The number of anilines is 1. The number of benzene rings is 1. The summed E-state index contributed by atoms with van der Waals surface area (Å²) in [5, 5.41) is 0. The number of rotatable bonds is 6. The number of H-pyrrole nitrogens is 1. The normalized spacial score (nSPS) is 11.0. The molecule has 0 radical (unpaired) electrons. The van der Waals surface area contributed by atoms with Crippen LogP contribution in [0.15, 0.2) is 35.1 Å². The van der Waals surface area contributed by atoms with Crippen LogP contribution >= 0.6 is 0 Å². The number of nitrogens with two attached hydrogens (primary N) is 1. The van der Waals surface area contributed by atoms with Gasteiger partial charge in [-0.2, -0.15) is 0 Å². The molecule has 10 heteroatoms. The maximum Gasteiger partial charge on any atom is 0.328 e. The van der Waals surface area contributed by atoms with Gasteiger partial charge in [0, 0.05) is 6.42 Å². The number of hydrogen-bond acceptors (Lipinski definition) is 8. The first-order valence-electron chi connectivity index (χ1n) is 8.39. The first-order chi connectivity index (χ1) is 13.4. The molecule has 2 heterocycles. The van der Waals surface area contributed by atoms with Gasteiger partial charge in [0.1, 0.15) is 11.3 Å². The quantitative estimate of drug-likeness (QED) is 0.454. The number of fused-ring (bicyclic) bond motifs is 1.